The van der Waals surface area contributed by atoms with E-state index in [1.807, 2.05) is 30.3 Å². The predicted octanol–water partition coefficient (Wildman–Crippen LogP) is 3.74. The van der Waals surface area contributed by atoms with Crippen molar-refractivity contribution in [2.75, 3.05) is 18.2 Å². The molecule has 1 heterocycles. The molecule has 0 unspecified atom stereocenters. The SMILES string of the molecule is COc1ccc(N)c(NC(=O)c2cc3ccccc3s2)c1. The van der Waals surface area contributed by atoms with Crippen LogP contribution in [0.5, 0.6) is 5.75 Å². The van der Waals surface area contributed by atoms with Gasteiger partial charge in [-0.2, -0.15) is 0 Å². The van der Waals surface area contributed by atoms with Gasteiger partial charge in [0.05, 0.1) is 23.4 Å². The van der Waals surface area contributed by atoms with Crippen LogP contribution in [0, 0.1) is 0 Å². The molecule has 1 amide bonds. The molecule has 1 aromatic heterocycles. The number of nitrogens with one attached hydrogen (secondary N) is 1. The topological polar surface area (TPSA) is 64.3 Å². The van der Waals surface area contributed by atoms with Gasteiger partial charge in [-0.3, -0.25) is 4.79 Å². The molecule has 3 aromatic rings. The van der Waals surface area contributed by atoms with Crippen LogP contribution in [0.1, 0.15) is 9.67 Å². The summed E-state index contributed by atoms with van der Waals surface area (Å²) in [5.74, 6) is 0.479. The highest BCUT2D eigenvalue weighted by molar-refractivity contribution is 7.20. The molecule has 106 valence electrons. The van der Waals surface area contributed by atoms with E-state index < -0.39 is 0 Å². The Kier molecular flexibility index (Phi) is 3.50. The quantitative estimate of drug-likeness (QED) is 0.724. The minimum atomic E-state index is -0.170. The number of nitrogen functional groups attached to an aromatic ring is 1. The molecule has 0 aliphatic heterocycles. The maximum Gasteiger partial charge on any atom is 0.265 e. The van der Waals surface area contributed by atoms with E-state index in [-0.39, 0.29) is 5.91 Å². The molecule has 3 rings (SSSR count). The molecule has 0 aliphatic rings. The molecule has 0 bridgehead atoms. The lowest BCUT2D eigenvalue weighted by Crippen LogP contribution is -2.11. The van der Waals surface area contributed by atoms with Crippen molar-refractivity contribution < 1.29 is 9.53 Å². The molecule has 4 nitrogen and oxygen atoms in total. The molecule has 0 saturated heterocycles. The number of amides is 1. The molecular formula is C16H14N2O2S. The van der Waals surface area contributed by atoms with E-state index >= 15 is 0 Å². The van der Waals surface area contributed by atoms with E-state index in [0.717, 1.165) is 10.1 Å². The van der Waals surface area contributed by atoms with Crippen LogP contribution < -0.4 is 15.8 Å². The summed E-state index contributed by atoms with van der Waals surface area (Å²) in [7, 11) is 1.57. The second-order valence-electron chi connectivity index (χ2n) is 4.56. The standard InChI is InChI=1S/C16H14N2O2S/c1-20-11-6-7-12(17)13(9-11)18-16(19)15-8-10-4-2-3-5-14(10)21-15/h2-9H,17H2,1H3,(H,18,19). The van der Waals surface area contributed by atoms with Crippen LogP contribution in [0.2, 0.25) is 0 Å². The molecular weight excluding hydrogens is 284 g/mol. The van der Waals surface area contributed by atoms with Gasteiger partial charge in [0.25, 0.3) is 5.91 Å². The van der Waals surface area contributed by atoms with Gasteiger partial charge in [0.1, 0.15) is 5.75 Å². The lowest BCUT2D eigenvalue weighted by Gasteiger charge is -2.09. The number of benzene rings is 2. The smallest absolute Gasteiger partial charge is 0.265 e. The van der Waals surface area contributed by atoms with E-state index in [1.165, 1.54) is 11.3 Å². The van der Waals surface area contributed by atoms with Crippen LogP contribution in [0.25, 0.3) is 10.1 Å². The van der Waals surface area contributed by atoms with Gasteiger partial charge in [0.2, 0.25) is 0 Å². The fourth-order valence-electron chi connectivity index (χ4n) is 2.05. The van der Waals surface area contributed by atoms with Crippen molar-refractivity contribution in [3.63, 3.8) is 0 Å². The minimum absolute atomic E-state index is 0.170. The summed E-state index contributed by atoms with van der Waals surface area (Å²) < 4.78 is 6.23. The van der Waals surface area contributed by atoms with Crippen molar-refractivity contribution in [2.45, 2.75) is 0 Å². The number of carbonyl (C=O) groups excluding carboxylic acids is 1. The van der Waals surface area contributed by atoms with Crippen molar-refractivity contribution in [3.05, 3.63) is 53.4 Å². The monoisotopic (exact) mass is 298 g/mol. The van der Waals surface area contributed by atoms with Crippen LogP contribution in [0.15, 0.2) is 48.5 Å². The number of methoxy groups -OCH3 is 1. The molecule has 2 aromatic carbocycles. The van der Waals surface area contributed by atoms with Crippen molar-refractivity contribution in [1.29, 1.82) is 0 Å². The van der Waals surface area contributed by atoms with Gasteiger partial charge in [-0.05, 0) is 29.7 Å². The number of hydrogen-bond acceptors (Lipinski definition) is 4. The number of hydrogen-bond donors (Lipinski definition) is 2. The third-order valence-corrected chi connectivity index (χ3v) is 4.27. The zero-order chi connectivity index (χ0) is 14.8. The third kappa shape index (κ3) is 2.68. The Morgan fingerprint density at radius 3 is 2.76 bits per heavy atom. The van der Waals surface area contributed by atoms with E-state index in [9.17, 15) is 4.79 Å². The second kappa shape index (κ2) is 5.46. The molecule has 21 heavy (non-hydrogen) atoms. The number of fused-ring (bicyclic) bond motifs is 1. The van der Waals surface area contributed by atoms with Gasteiger partial charge in [-0.25, -0.2) is 0 Å². The molecule has 0 aliphatic carbocycles. The van der Waals surface area contributed by atoms with Crippen LogP contribution in [0.3, 0.4) is 0 Å². The first kappa shape index (κ1) is 13.5. The highest BCUT2D eigenvalue weighted by Crippen LogP contribution is 2.28. The van der Waals surface area contributed by atoms with Crippen LogP contribution in [-0.2, 0) is 0 Å². The number of nitrogens with two attached hydrogens (primary N) is 1. The number of ether oxygens (including phenoxy) is 1. The normalized spacial score (nSPS) is 10.5. The first-order valence-corrected chi connectivity index (χ1v) is 7.22. The summed E-state index contributed by atoms with van der Waals surface area (Å²) in [6.07, 6.45) is 0. The molecule has 3 N–H and O–H groups in total. The predicted molar refractivity (Wildman–Crippen MR) is 87.2 cm³/mol. The van der Waals surface area contributed by atoms with Crippen LogP contribution >= 0.6 is 11.3 Å². The first-order chi connectivity index (χ1) is 10.2. The first-order valence-electron chi connectivity index (χ1n) is 6.41. The zero-order valence-electron chi connectivity index (χ0n) is 11.4. The minimum Gasteiger partial charge on any atom is -0.497 e. The van der Waals surface area contributed by atoms with Gasteiger partial charge >= 0.3 is 0 Å². The Morgan fingerprint density at radius 2 is 2.00 bits per heavy atom. The van der Waals surface area contributed by atoms with E-state index in [0.29, 0.717) is 22.0 Å². The Bertz CT molecular complexity index is 778. The second-order valence-corrected chi connectivity index (χ2v) is 5.64. The molecule has 5 heteroatoms. The maximum absolute atomic E-state index is 12.3. The Hall–Kier alpha value is -2.53. The molecule has 0 spiro atoms. The fourth-order valence-corrected chi connectivity index (χ4v) is 3.01. The lowest BCUT2D eigenvalue weighted by molar-refractivity contribution is 0.103. The summed E-state index contributed by atoms with van der Waals surface area (Å²) in [5.41, 5.74) is 6.94. The summed E-state index contributed by atoms with van der Waals surface area (Å²) in [6, 6.07) is 15.0. The van der Waals surface area contributed by atoms with E-state index in [2.05, 4.69) is 5.32 Å². The maximum atomic E-state index is 12.3. The van der Waals surface area contributed by atoms with Crippen molar-refractivity contribution in [1.82, 2.24) is 0 Å². The van der Waals surface area contributed by atoms with Gasteiger partial charge in [0, 0.05) is 10.8 Å². The summed E-state index contributed by atoms with van der Waals surface area (Å²) in [6.45, 7) is 0. The largest absolute Gasteiger partial charge is 0.497 e. The lowest BCUT2D eigenvalue weighted by atomic mass is 10.2. The number of rotatable bonds is 3. The highest BCUT2D eigenvalue weighted by atomic mass is 32.1. The van der Waals surface area contributed by atoms with Crippen LogP contribution in [-0.4, -0.2) is 13.0 Å². The van der Waals surface area contributed by atoms with Crippen molar-refractivity contribution >= 4 is 38.7 Å². The van der Waals surface area contributed by atoms with Crippen molar-refractivity contribution in [3.8, 4) is 5.75 Å². The number of thiophene rings is 1. The molecule has 0 saturated carbocycles. The molecule has 0 atom stereocenters. The van der Waals surface area contributed by atoms with Gasteiger partial charge in [0.15, 0.2) is 0 Å². The zero-order valence-corrected chi connectivity index (χ0v) is 12.2. The Balaban J connectivity index is 1.89. The van der Waals surface area contributed by atoms with E-state index in [4.69, 9.17) is 10.5 Å². The fraction of sp³-hybridized carbons (Fsp3) is 0.0625. The summed E-state index contributed by atoms with van der Waals surface area (Å²) in [5, 5.41) is 3.89. The molecule has 0 fully saturated rings. The highest BCUT2D eigenvalue weighted by Gasteiger charge is 2.12. The van der Waals surface area contributed by atoms with Crippen molar-refractivity contribution in [2.24, 2.45) is 0 Å². The van der Waals surface area contributed by atoms with E-state index in [1.54, 1.807) is 25.3 Å². The number of anilines is 2. The van der Waals surface area contributed by atoms with Crippen LogP contribution in [0.4, 0.5) is 11.4 Å². The Labute approximate surface area is 126 Å². The van der Waals surface area contributed by atoms with Gasteiger partial charge < -0.3 is 15.8 Å². The summed E-state index contributed by atoms with van der Waals surface area (Å²) in [4.78, 5) is 13.0. The third-order valence-electron chi connectivity index (χ3n) is 3.16. The van der Waals surface area contributed by atoms with Gasteiger partial charge in [-0.15, -0.1) is 11.3 Å². The Morgan fingerprint density at radius 1 is 1.19 bits per heavy atom. The summed E-state index contributed by atoms with van der Waals surface area (Å²) >= 11 is 1.46. The average Bonchev–Trinajstić information content (AvgIpc) is 2.93. The van der Waals surface area contributed by atoms with Gasteiger partial charge in [-0.1, -0.05) is 18.2 Å². The average molecular weight is 298 g/mol. The number of carbonyl (C=O) groups is 1. The molecule has 0 radical (unpaired) electrons.